The number of nitrogens with zero attached hydrogens (tertiary/aromatic N) is 2. The van der Waals surface area contributed by atoms with Gasteiger partial charge < -0.3 is 5.11 Å². The highest BCUT2D eigenvalue weighted by Crippen LogP contribution is 2.42. The molecule has 0 amide bonds. The maximum Gasteiger partial charge on any atom is 0.116 e. The summed E-state index contributed by atoms with van der Waals surface area (Å²) in [5.41, 5.74) is 4.11. The molecular weight excluding hydrogens is 588 g/mol. The van der Waals surface area contributed by atoms with E-state index in [-0.39, 0.29) is 6.10 Å². The Labute approximate surface area is 234 Å². The minimum atomic E-state index is -0.0559. The van der Waals surface area contributed by atoms with Gasteiger partial charge in [-0.05, 0) is 114 Å². The molecule has 1 saturated carbocycles. The number of aromatic nitrogens is 2. The Morgan fingerprint density at radius 3 is 2.38 bits per heavy atom. The summed E-state index contributed by atoms with van der Waals surface area (Å²) in [4.78, 5) is 7.97. The molecule has 1 unspecified atom stereocenters. The second-order valence-electron chi connectivity index (χ2n) is 10.5. The van der Waals surface area contributed by atoms with E-state index in [4.69, 9.17) is 0 Å². The lowest BCUT2D eigenvalue weighted by atomic mass is 9.70. The number of hydrogen-bond acceptors (Lipinski definition) is 3. The topological polar surface area (TPSA) is 46.0 Å². The third kappa shape index (κ3) is 5.19. The van der Waals surface area contributed by atoms with Gasteiger partial charge in [0, 0.05) is 20.5 Å². The lowest BCUT2D eigenvalue weighted by molar-refractivity contribution is 0.0879. The number of aryl methyl sites for hydroxylation is 1. The average molecular weight is 618 g/mol. The number of rotatable bonds is 1. The van der Waals surface area contributed by atoms with E-state index < -0.39 is 0 Å². The van der Waals surface area contributed by atoms with E-state index >= 15 is 0 Å². The van der Waals surface area contributed by atoms with Gasteiger partial charge in [0.1, 0.15) is 6.33 Å². The number of halogens is 2. The molecule has 37 heavy (non-hydrogen) atoms. The molecule has 188 valence electrons. The summed E-state index contributed by atoms with van der Waals surface area (Å²) in [5.74, 6) is 1.56. The zero-order valence-corrected chi connectivity index (χ0v) is 23.9. The van der Waals surface area contributed by atoms with Crippen LogP contribution in [0.3, 0.4) is 0 Å². The Morgan fingerprint density at radius 1 is 0.757 bits per heavy atom. The van der Waals surface area contributed by atoms with Crippen molar-refractivity contribution in [2.75, 3.05) is 0 Å². The Balaban J connectivity index is 0.000000210. The first-order valence-corrected chi connectivity index (χ1v) is 14.8. The molecule has 2 aliphatic carbocycles. The predicted octanol–water partition coefficient (Wildman–Crippen LogP) is 8.80. The predicted molar refractivity (Wildman–Crippen MR) is 160 cm³/mol. The van der Waals surface area contributed by atoms with E-state index in [1.165, 1.54) is 63.7 Å². The zero-order chi connectivity index (χ0) is 25.4. The van der Waals surface area contributed by atoms with Gasteiger partial charge in [0.2, 0.25) is 0 Å². The molecule has 0 bridgehead atoms. The van der Waals surface area contributed by atoms with Crippen LogP contribution in [0.1, 0.15) is 43.2 Å². The summed E-state index contributed by atoms with van der Waals surface area (Å²) in [6.07, 6.45) is 11.4. The number of hydrogen-bond donors (Lipinski definition) is 1. The van der Waals surface area contributed by atoms with Crippen molar-refractivity contribution in [2.45, 2.75) is 51.0 Å². The highest BCUT2D eigenvalue weighted by molar-refractivity contribution is 9.11. The number of aliphatic hydroxyl groups excluding tert-OH is 1. The highest BCUT2D eigenvalue weighted by atomic mass is 79.9. The first kappa shape index (κ1) is 25.0. The standard InChI is InChI=1S/C24H24Br2O.C8H6N2/c25-17-6-10-20-19-9-5-15-1-2-16(14-3-7-18(27)8-4-14)11-21(15)22(19)13-24(26)23(20)12-17;1-2-4-8-7(3-1)5-9-6-10-8/h5-6,9-10,12-14,16,18,27H,1-4,7-8,11H2;1-6H/t14-,16?,18-;. The summed E-state index contributed by atoms with van der Waals surface area (Å²) in [6.45, 7) is 0. The number of benzene rings is 4. The Bertz CT molecular complexity index is 1510. The molecule has 1 fully saturated rings. The van der Waals surface area contributed by atoms with Gasteiger partial charge in [0.25, 0.3) is 0 Å². The van der Waals surface area contributed by atoms with Gasteiger partial charge in [-0.25, -0.2) is 9.97 Å². The van der Waals surface area contributed by atoms with Crippen molar-refractivity contribution in [3.63, 3.8) is 0 Å². The summed E-state index contributed by atoms with van der Waals surface area (Å²) in [7, 11) is 0. The first-order chi connectivity index (χ1) is 18.1. The maximum absolute atomic E-state index is 9.87. The largest absolute Gasteiger partial charge is 0.393 e. The fourth-order valence-corrected chi connectivity index (χ4v) is 7.26. The van der Waals surface area contributed by atoms with Gasteiger partial charge in [-0.3, -0.25) is 0 Å². The summed E-state index contributed by atoms with van der Waals surface area (Å²) in [5, 5.41) is 16.4. The van der Waals surface area contributed by atoms with Crippen molar-refractivity contribution >= 4 is 64.3 Å². The second-order valence-corrected chi connectivity index (χ2v) is 12.3. The van der Waals surface area contributed by atoms with Crippen LogP contribution >= 0.6 is 31.9 Å². The molecule has 0 spiro atoms. The van der Waals surface area contributed by atoms with Gasteiger partial charge >= 0.3 is 0 Å². The molecule has 4 aromatic carbocycles. The number of fused-ring (bicyclic) bond motifs is 6. The third-order valence-electron chi connectivity index (χ3n) is 8.33. The van der Waals surface area contributed by atoms with Crippen LogP contribution in [0.4, 0.5) is 0 Å². The van der Waals surface area contributed by atoms with Gasteiger partial charge in [-0.15, -0.1) is 0 Å². The van der Waals surface area contributed by atoms with Crippen molar-refractivity contribution in [2.24, 2.45) is 11.8 Å². The minimum Gasteiger partial charge on any atom is -0.393 e. The van der Waals surface area contributed by atoms with Crippen LogP contribution in [-0.4, -0.2) is 21.2 Å². The van der Waals surface area contributed by atoms with Gasteiger partial charge in [0.05, 0.1) is 11.6 Å². The van der Waals surface area contributed by atoms with Crippen molar-refractivity contribution in [3.8, 4) is 0 Å². The molecule has 2 aliphatic rings. The summed E-state index contributed by atoms with van der Waals surface area (Å²) in [6, 6.07) is 21.5. The second kappa shape index (κ2) is 10.8. The SMILES string of the molecule is O[C@H]1CC[C@H](C2CCc3ccc4c(cc(Br)c5cc(Br)ccc54)c3C2)CC1.c1ccc2ncncc2c1. The Morgan fingerprint density at radius 2 is 1.54 bits per heavy atom. The van der Waals surface area contributed by atoms with E-state index in [9.17, 15) is 5.11 Å². The molecule has 7 rings (SSSR count). The average Bonchev–Trinajstić information content (AvgIpc) is 2.94. The molecule has 1 atom stereocenters. The molecule has 0 radical (unpaired) electrons. The van der Waals surface area contributed by atoms with Crippen molar-refractivity contribution in [3.05, 3.63) is 93.3 Å². The van der Waals surface area contributed by atoms with Crippen LogP contribution < -0.4 is 0 Å². The van der Waals surface area contributed by atoms with Crippen LogP contribution in [0.25, 0.3) is 32.4 Å². The fraction of sp³-hybridized carbons (Fsp3) is 0.312. The lowest BCUT2D eigenvalue weighted by Gasteiger charge is -2.35. The first-order valence-electron chi connectivity index (χ1n) is 13.2. The highest BCUT2D eigenvalue weighted by Gasteiger charge is 2.30. The quantitative estimate of drug-likeness (QED) is 0.191. The van der Waals surface area contributed by atoms with Crippen LogP contribution in [0.15, 0.2) is 82.1 Å². The smallest absolute Gasteiger partial charge is 0.116 e. The van der Waals surface area contributed by atoms with E-state index in [2.05, 4.69) is 78.2 Å². The summed E-state index contributed by atoms with van der Waals surface area (Å²) >= 11 is 7.44. The lowest BCUT2D eigenvalue weighted by Crippen LogP contribution is -2.28. The van der Waals surface area contributed by atoms with E-state index in [0.29, 0.717) is 0 Å². The zero-order valence-electron chi connectivity index (χ0n) is 20.7. The van der Waals surface area contributed by atoms with E-state index in [1.54, 1.807) is 11.9 Å². The molecule has 5 aromatic rings. The monoisotopic (exact) mass is 616 g/mol. The molecule has 0 aliphatic heterocycles. The van der Waals surface area contributed by atoms with Crippen LogP contribution in [0.5, 0.6) is 0 Å². The van der Waals surface area contributed by atoms with Gasteiger partial charge in [-0.1, -0.05) is 68.3 Å². The molecule has 0 saturated heterocycles. The number of para-hydroxylation sites is 1. The van der Waals surface area contributed by atoms with Crippen LogP contribution in [0.2, 0.25) is 0 Å². The molecule has 3 nitrogen and oxygen atoms in total. The number of aliphatic hydroxyl groups is 1. The van der Waals surface area contributed by atoms with Crippen molar-refractivity contribution < 1.29 is 5.11 Å². The van der Waals surface area contributed by atoms with Crippen LogP contribution in [-0.2, 0) is 12.8 Å². The maximum atomic E-state index is 9.87. The Hall–Kier alpha value is -2.34. The van der Waals surface area contributed by atoms with Crippen molar-refractivity contribution in [1.82, 2.24) is 9.97 Å². The molecule has 1 N–H and O–H groups in total. The van der Waals surface area contributed by atoms with Gasteiger partial charge in [0.15, 0.2) is 0 Å². The van der Waals surface area contributed by atoms with Crippen molar-refractivity contribution in [1.29, 1.82) is 0 Å². The van der Waals surface area contributed by atoms with E-state index in [1.807, 2.05) is 30.5 Å². The Kier molecular flexibility index (Phi) is 7.29. The molecule has 1 aromatic heterocycles. The molecule has 1 heterocycles. The molecule has 5 heteroatoms. The summed E-state index contributed by atoms with van der Waals surface area (Å²) < 4.78 is 2.30. The normalized spacial score (nSPS) is 21.4. The van der Waals surface area contributed by atoms with Crippen LogP contribution in [0, 0.1) is 11.8 Å². The third-order valence-corrected chi connectivity index (χ3v) is 9.48. The van der Waals surface area contributed by atoms with Gasteiger partial charge in [-0.2, -0.15) is 0 Å². The minimum absolute atomic E-state index is 0.0559. The fourth-order valence-electron chi connectivity index (χ4n) is 6.34. The molecular formula is C32H30Br2N2O. The van der Waals surface area contributed by atoms with E-state index in [0.717, 1.165) is 40.1 Å².